The van der Waals surface area contributed by atoms with Crippen molar-refractivity contribution < 1.29 is 19.4 Å². The van der Waals surface area contributed by atoms with Crippen LogP contribution in [0.1, 0.15) is 37.0 Å². The SMILES string of the molecule is CCOC(=O)C(O)c1cc(C)ccc1OCC1CC1. The molecule has 0 amide bonds. The lowest BCUT2D eigenvalue weighted by molar-refractivity contribution is -0.153. The summed E-state index contributed by atoms with van der Waals surface area (Å²) in [5, 5.41) is 10.1. The molecule has 1 atom stereocenters. The first-order valence-corrected chi connectivity index (χ1v) is 6.70. The molecule has 1 saturated carbocycles. The monoisotopic (exact) mass is 264 g/mol. The summed E-state index contributed by atoms with van der Waals surface area (Å²) in [7, 11) is 0. The van der Waals surface area contributed by atoms with E-state index in [1.54, 1.807) is 19.1 Å². The molecule has 104 valence electrons. The van der Waals surface area contributed by atoms with Gasteiger partial charge in [-0.2, -0.15) is 0 Å². The Labute approximate surface area is 113 Å². The first-order chi connectivity index (χ1) is 9.11. The summed E-state index contributed by atoms with van der Waals surface area (Å²) in [5.74, 6) is 0.552. The molecular formula is C15H20O4. The van der Waals surface area contributed by atoms with Crippen molar-refractivity contribution in [1.82, 2.24) is 0 Å². The number of ether oxygens (including phenoxy) is 2. The third-order valence-electron chi connectivity index (χ3n) is 3.14. The molecule has 1 fully saturated rings. The highest BCUT2D eigenvalue weighted by Crippen LogP contribution is 2.32. The molecule has 1 aliphatic rings. The van der Waals surface area contributed by atoms with Gasteiger partial charge in [0.25, 0.3) is 0 Å². The van der Waals surface area contributed by atoms with Crippen molar-refractivity contribution in [1.29, 1.82) is 0 Å². The number of rotatable bonds is 6. The molecule has 0 bridgehead atoms. The maximum absolute atomic E-state index is 11.6. The molecule has 1 aromatic carbocycles. The van der Waals surface area contributed by atoms with E-state index >= 15 is 0 Å². The van der Waals surface area contributed by atoms with Gasteiger partial charge in [0.1, 0.15) is 5.75 Å². The number of aliphatic hydroxyl groups excluding tert-OH is 1. The topological polar surface area (TPSA) is 55.8 Å². The van der Waals surface area contributed by atoms with E-state index in [1.807, 2.05) is 13.0 Å². The first kappa shape index (κ1) is 13.9. The van der Waals surface area contributed by atoms with Crippen LogP contribution in [-0.4, -0.2) is 24.3 Å². The molecule has 0 spiro atoms. The van der Waals surface area contributed by atoms with Gasteiger partial charge >= 0.3 is 5.97 Å². The zero-order valence-corrected chi connectivity index (χ0v) is 11.4. The van der Waals surface area contributed by atoms with Crippen LogP contribution in [0, 0.1) is 12.8 Å². The van der Waals surface area contributed by atoms with Gasteiger partial charge in [-0.25, -0.2) is 4.79 Å². The summed E-state index contributed by atoms with van der Waals surface area (Å²) in [5.41, 5.74) is 1.45. The highest BCUT2D eigenvalue weighted by Gasteiger charge is 2.25. The smallest absolute Gasteiger partial charge is 0.339 e. The molecule has 1 aromatic rings. The number of esters is 1. The molecule has 0 saturated heterocycles. The number of carbonyl (C=O) groups is 1. The molecule has 1 N–H and O–H groups in total. The van der Waals surface area contributed by atoms with Crippen LogP contribution in [0.15, 0.2) is 18.2 Å². The van der Waals surface area contributed by atoms with Crippen molar-refractivity contribution >= 4 is 5.97 Å². The van der Waals surface area contributed by atoms with Crippen LogP contribution in [0.4, 0.5) is 0 Å². The van der Waals surface area contributed by atoms with Crippen LogP contribution < -0.4 is 4.74 Å². The van der Waals surface area contributed by atoms with Crippen molar-refractivity contribution in [3.8, 4) is 5.75 Å². The molecule has 1 aliphatic carbocycles. The fourth-order valence-electron chi connectivity index (χ4n) is 1.85. The van der Waals surface area contributed by atoms with Crippen LogP contribution in [0.5, 0.6) is 5.75 Å². The van der Waals surface area contributed by atoms with Gasteiger partial charge < -0.3 is 14.6 Å². The van der Waals surface area contributed by atoms with Crippen molar-refractivity contribution in [3.63, 3.8) is 0 Å². The minimum Gasteiger partial charge on any atom is -0.493 e. The lowest BCUT2D eigenvalue weighted by atomic mass is 10.1. The molecule has 0 radical (unpaired) electrons. The second kappa shape index (κ2) is 6.06. The number of benzene rings is 1. The number of aryl methyl sites for hydroxylation is 1. The van der Waals surface area contributed by atoms with Gasteiger partial charge in [0.05, 0.1) is 13.2 Å². The van der Waals surface area contributed by atoms with Crippen LogP contribution in [0.3, 0.4) is 0 Å². The highest BCUT2D eigenvalue weighted by molar-refractivity contribution is 5.77. The van der Waals surface area contributed by atoms with Gasteiger partial charge in [0.2, 0.25) is 0 Å². The Bertz CT molecular complexity index is 451. The summed E-state index contributed by atoms with van der Waals surface area (Å²) in [6.07, 6.45) is 1.11. The summed E-state index contributed by atoms with van der Waals surface area (Å²) < 4.78 is 10.5. The van der Waals surface area contributed by atoms with E-state index < -0.39 is 12.1 Å². The molecule has 0 aliphatic heterocycles. The number of hydrogen-bond acceptors (Lipinski definition) is 4. The predicted molar refractivity (Wildman–Crippen MR) is 71.0 cm³/mol. The number of carbonyl (C=O) groups excluding carboxylic acids is 1. The van der Waals surface area contributed by atoms with Crippen LogP contribution in [0.25, 0.3) is 0 Å². The lowest BCUT2D eigenvalue weighted by Gasteiger charge is -2.16. The fourth-order valence-corrected chi connectivity index (χ4v) is 1.85. The summed E-state index contributed by atoms with van der Waals surface area (Å²) in [6, 6.07) is 5.48. The third kappa shape index (κ3) is 3.70. The standard InChI is InChI=1S/C15H20O4/c1-3-18-15(17)14(16)12-8-10(2)4-7-13(12)19-9-11-5-6-11/h4,7-8,11,14,16H,3,5-6,9H2,1-2H3. The molecular weight excluding hydrogens is 244 g/mol. The zero-order valence-electron chi connectivity index (χ0n) is 11.4. The van der Waals surface area contributed by atoms with Gasteiger partial charge in [0.15, 0.2) is 6.10 Å². The van der Waals surface area contributed by atoms with Crippen molar-refractivity contribution in [2.45, 2.75) is 32.8 Å². The van der Waals surface area contributed by atoms with Gasteiger partial charge in [-0.3, -0.25) is 0 Å². The van der Waals surface area contributed by atoms with Crippen LogP contribution >= 0.6 is 0 Å². The fraction of sp³-hybridized carbons (Fsp3) is 0.533. The Morgan fingerprint density at radius 2 is 2.21 bits per heavy atom. The van der Waals surface area contributed by atoms with E-state index in [9.17, 15) is 9.90 Å². The van der Waals surface area contributed by atoms with Crippen molar-refractivity contribution in [2.24, 2.45) is 5.92 Å². The maximum atomic E-state index is 11.6. The van der Waals surface area contributed by atoms with Crippen molar-refractivity contribution in [3.05, 3.63) is 29.3 Å². The van der Waals surface area contributed by atoms with Crippen molar-refractivity contribution in [2.75, 3.05) is 13.2 Å². The minimum absolute atomic E-state index is 0.250. The normalized spacial score (nSPS) is 15.9. The summed E-state index contributed by atoms with van der Waals surface area (Å²) in [6.45, 7) is 4.52. The lowest BCUT2D eigenvalue weighted by Crippen LogP contribution is -2.17. The van der Waals surface area contributed by atoms with Crippen LogP contribution in [0.2, 0.25) is 0 Å². The number of aliphatic hydroxyl groups is 1. The highest BCUT2D eigenvalue weighted by atomic mass is 16.5. The van der Waals surface area contributed by atoms with Crippen LogP contribution in [-0.2, 0) is 9.53 Å². The predicted octanol–water partition coefficient (Wildman–Crippen LogP) is 2.38. The summed E-state index contributed by atoms with van der Waals surface area (Å²) in [4.78, 5) is 11.6. The Morgan fingerprint density at radius 3 is 2.84 bits per heavy atom. The second-order valence-corrected chi connectivity index (χ2v) is 4.95. The van der Waals surface area contributed by atoms with Gasteiger partial charge in [-0.1, -0.05) is 11.6 Å². The Kier molecular flexibility index (Phi) is 4.43. The van der Waals surface area contributed by atoms with Gasteiger partial charge in [0, 0.05) is 5.56 Å². The maximum Gasteiger partial charge on any atom is 0.339 e. The molecule has 2 rings (SSSR count). The van der Waals surface area contributed by atoms with E-state index in [0.717, 1.165) is 5.56 Å². The first-order valence-electron chi connectivity index (χ1n) is 6.70. The summed E-state index contributed by atoms with van der Waals surface area (Å²) >= 11 is 0. The van der Waals surface area contributed by atoms with Gasteiger partial charge in [-0.05, 0) is 44.7 Å². The zero-order chi connectivity index (χ0) is 13.8. The molecule has 0 aromatic heterocycles. The molecule has 4 heteroatoms. The average Bonchev–Trinajstić information content (AvgIpc) is 3.20. The molecule has 4 nitrogen and oxygen atoms in total. The number of hydrogen-bond donors (Lipinski definition) is 1. The molecule has 0 heterocycles. The van der Waals surface area contributed by atoms with E-state index in [4.69, 9.17) is 9.47 Å². The third-order valence-corrected chi connectivity index (χ3v) is 3.14. The quantitative estimate of drug-likeness (QED) is 0.801. The molecule has 19 heavy (non-hydrogen) atoms. The Balaban J connectivity index is 2.14. The Morgan fingerprint density at radius 1 is 1.47 bits per heavy atom. The van der Waals surface area contributed by atoms with E-state index in [-0.39, 0.29) is 6.61 Å². The average molecular weight is 264 g/mol. The second-order valence-electron chi connectivity index (χ2n) is 4.95. The van der Waals surface area contributed by atoms with E-state index in [0.29, 0.717) is 23.8 Å². The van der Waals surface area contributed by atoms with E-state index in [1.165, 1.54) is 12.8 Å². The molecule has 1 unspecified atom stereocenters. The minimum atomic E-state index is -1.28. The van der Waals surface area contributed by atoms with E-state index in [2.05, 4.69) is 0 Å². The Hall–Kier alpha value is -1.55. The van der Waals surface area contributed by atoms with Gasteiger partial charge in [-0.15, -0.1) is 0 Å². The largest absolute Gasteiger partial charge is 0.493 e.